The molecule has 0 bridgehead atoms. The van der Waals surface area contributed by atoms with E-state index in [9.17, 15) is 4.79 Å². The van der Waals surface area contributed by atoms with E-state index < -0.39 is 0 Å². The second-order valence-corrected chi connectivity index (χ2v) is 5.23. The molecule has 3 N–H and O–H groups in total. The molecule has 0 saturated heterocycles. The number of rotatable bonds is 3. The highest BCUT2D eigenvalue weighted by atomic mass is 35.5. The Morgan fingerprint density at radius 2 is 2.35 bits per heavy atom. The molecule has 0 fully saturated rings. The second kappa shape index (κ2) is 7.06. The van der Waals surface area contributed by atoms with Crippen LogP contribution in [-0.2, 0) is 6.54 Å². The molecule has 0 aliphatic heterocycles. The lowest BCUT2D eigenvalue weighted by Crippen LogP contribution is -2.22. The molecule has 0 aliphatic carbocycles. The van der Waals surface area contributed by atoms with Crippen LogP contribution in [0.4, 0.5) is 0 Å². The molecule has 2 rings (SSSR count). The molecule has 1 aromatic carbocycles. The Hall–Kier alpha value is -1.87. The van der Waals surface area contributed by atoms with E-state index >= 15 is 0 Å². The van der Waals surface area contributed by atoms with Gasteiger partial charge in [0.15, 0.2) is 0 Å². The molecule has 6 heteroatoms. The van der Waals surface area contributed by atoms with Crippen LogP contribution >= 0.6 is 22.9 Å². The van der Waals surface area contributed by atoms with Gasteiger partial charge < -0.3 is 11.1 Å². The molecule has 4 nitrogen and oxygen atoms in total. The Balaban J connectivity index is 2.05. The molecule has 0 unspecified atom stereocenters. The van der Waals surface area contributed by atoms with Gasteiger partial charge in [0.2, 0.25) is 0 Å². The molecular weight excluding hydrogens is 294 g/mol. The number of carbonyl (C=O) groups excluding carboxylic acids is 1. The van der Waals surface area contributed by atoms with Gasteiger partial charge in [-0.15, -0.1) is 11.3 Å². The van der Waals surface area contributed by atoms with Crippen molar-refractivity contribution in [2.24, 2.45) is 5.73 Å². The lowest BCUT2D eigenvalue weighted by atomic mass is 10.1. The Bertz CT molecular complexity index is 659. The van der Waals surface area contributed by atoms with Crippen LogP contribution in [-0.4, -0.2) is 17.4 Å². The van der Waals surface area contributed by atoms with Crippen LogP contribution in [0.1, 0.15) is 20.8 Å². The SMILES string of the molecule is NCC#Cc1ccc(C(=O)NCc2cncs2)cc1Cl. The average molecular weight is 306 g/mol. The summed E-state index contributed by atoms with van der Waals surface area (Å²) in [6.45, 7) is 0.725. The molecule has 20 heavy (non-hydrogen) atoms. The predicted octanol–water partition coefficient (Wildman–Crippen LogP) is 2.04. The highest BCUT2D eigenvalue weighted by Gasteiger charge is 2.08. The fraction of sp³-hybridized carbons (Fsp3) is 0.143. The number of hydrogen-bond acceptors (Lipinski definition) is 4. The van der Waals surface area contributed by atoms with Crippen molar-refractivity contribution in [3.05, 3.63) is 50.9 Å². The molecule has 2 aromatic rings. The van der Waals surface area contributed by atoms with E-state index in [0.717, 1.165) is 4.88 Å². The van der Waals surface area contributed by atoms with Crippen LogP contribution in [0.15, 0.2) is 29.9 Å². The minimum Gasteiger partial charge on any atom is -0.347 e. The number of hydrogen-bond donors (Lipinski definition) is 2. The Morgan fingerprint density at radius 1 is 1.50 bits per heavy atom. The van der Waals surface area contributed by atoms with E-state index in [0.29, 0.717) is 22.7 Å². The summed E-state index contributed by atoms with van der Waals surface area (Å²) in [5.41, 5.74) is 8.19. The summed E-state index contributed by atoms with van der Waals surface area (Å²) in [7, 11) is 0. The maximum atomic E-state index is 12.0. The van der Waals surface area contributed by atoms with Gasteiger partial charge in [0.1, 0.15) is 0 Å². The van der Waals surface area contributed by atoms with E-state index in [4.69, 9.17) is 17.3 Å². The molecule has 1 amide bonds. The summed E-state index contributed by atoms with van der Waals surface area (Å²) in [4.78, 5) is 16.9. The number of aromatic nitrogens is 1. The molecule has 0 spiro atoms. The maximum Gasteiger partial charge on any atom is 0.251 e. The summed E-state index contributed by atoms with van der Waals surface area (Å²) >= 11 is 7.57. The number of amides is 1. The first-order valence-electron chi connectivity index (χ1n) is 5.84. The van der Waals surface area contributed by atoms with E-state index in [1.807, 2.05) is 0 Å². The zero-order valence-corrected chi connectivity index (χ0v) is 12.1. The van der Waals surface area contributed by atoms with Crippen LogP contribution in [0.2, 0.25) is 5.02 Å². The fourth-order valence-corrected chi connectivity index (χ4v) is 2.26. The van der Waals surface area contributed by atoms with Crippen LogP contribution in [0.25, 0.3) is 0 Å². The largest absolute Gasteiger partial charge is 0.347 e. The quantitative estimate of drug-likeness (QED) is 0.853. The smallest absolute Gasteiger partial charge is 0.251 e. The molecule has 0 atom stereocenters. The first kappa shape index (κ1) is 14.5. The minimum absolute atomic E-state index is 0.182. The van der Waals surface area contributed by atoms with Crippen molar-refractivity contribution >= 4 is 28.8 Å². The summed E-state index contributed by atoms with van der Waals surface area (Å²) in [6.07, 6.45) is 1.73. The van der Waals surface area contributed by atoms with Gasteiger partial charge in [0, 0.05) is 22.2 Å². The third-order valence-electron chi connectivity index (χ3n) is 2.46. The number of nitrogens with one attached hydrogen (secondary N) is 1. The van der Waals surface area contributed by atoms with Crippen molar-refractivity contribution in [1.82, 2.24) is 10.3 Å². The van der Waals surface area contributed by atoms with Crippen molar-refractivity contribution < 1.29 is 4.79 Å². The number of nitrogens with zero attached hydrogens (tertiary/aromatic N) is 1. The number of thiazole rings is 1. The lowest BCUT2D eigenvalue weighted by Gasteiger charge is -2.05. The Labute approximate surface area is 126 Å². The molecule has 1 aromatic heterocycles. The third kappa shape index (κ3) is 3.81. The second-order valence-electron chi connectivity index (χ2n) is 3.85. The normalized spacial score (nSPS) is 9.70. The zero-order valence-electron chi connectivity index (χ0n) is 10.5. The Morgan fingerprint density at radius 3 is 3.00 bits per heavy atom. The first-order valence-corrected chi connectivity index (χ1v) is 7.10. The molecule has 0 aliphatic rings. The van der Waals surface area contributed by atoms with Crippen molar-refractivity contribution in [3.63, 3.8) is 0 Å². The standard InChI is InChI=1S/C14H12ClN3OS/c15-13-6-11(4-3-10(13)2-1-5-16)14(19)18-8-12-7-17-9-20-12/h3-4,6-7,9H,5,8,16H2,(H,18,19). The van der Waals surface area contributed by atoms with Gasteiger partial charge in [-0.25, -0.2) is 0 Å². The maximum absolute atomic E-state index is 12.0. The summed E-state index contributed by atoms with van der Waals surface area (Å²) in [5, 5.41) is 3.25. The average Bonchev–Trinajstić information content (AvgIpc) is 2.96. The molecular formula is C14H12ClN3OS. The van der Waals surface area contributed by atoms with Crippen molar-refractivity contribution in [2.45, 2.75) is 6.54 Å². The van der Waals surface area contributed by atoms with E-state index in [1.165, 1.54) is 11.3 Å². The van der Waals surface area contributed by atoms with Crippen molar-refractivity contribution in [3.8, 4) is 11.8 Å². The van der Waals surface area contributed by atoms with Crippen LogP contribution in [0, 0.1) is 11.8 Å². The molecule has 0 saturated carbocycles. The van der Waals surface area contributed by atoms with E-state index in [-0.39, 0.29) is 12.5 Å². The predicted molar refractivity (Wildman–Crippen MR) is 80.7 cm³/mol. The monoisotopic (exact) mass is 305 g/mol. The van der Waals surface area contributed by atoms with Gasteiger partial charge in [0.05, 0.1) is 23.6 Å². The zero-order chi connectivity index (χ0) is 14.4. The summed E-state index contributed by atoms with van der Waals surface area (Å²) in [5.74, 6) is 5.39. The van der Waals surface area contributed by atoms with Crippen molar-refractivity contribution in [2.75, 3.05) is 6.54 Å². The van der Waals surface area contributed by atoms with Gasteiger partial charge in [-0.2, -0.15) is 0 Å². The third-order valence-corrected chi connectivity index (χ3v) is 3.56. The van der Waals surface area contributed by atoms with Crippen LogP contribution in [0.5, 0.6) is 0 Å². The highest BCUT2D eigenvalue weighted by Crippen LogP contribution is 2.17. The number of carbonyl (C=O) groups is 1. The van der Waals surface area contributed by atoms with Crippen LogP contribution < -0.4 is 11.1 Å². The first-order chi connectivity index (χ1) is 9.70. The number of halogens is 1. The topological polar surface area (TPSA) is 68.0 Å². The summed E-state index contributed by atoms with van der Waals surface area (Å²) < 4.78 is 0. The van der Waals surface area contributed by atoms with Gasteiger partial charge >= 0.3 is 0 Å². The number of nitrogens with two attached hydrogens (primary N) is 1. The molecule has 1 heterocycles. The number of benzene rings is 1. The minimum atomic E-state index is -0.182. The van der Waals surface area contributed by atoms with Gasteiger partial charge in [0.25, 0.3) is 5.91 Å². The van der Waals surface area contributed by atoms with Gasteiger partial charge in [-0.3, -0.25) is 9.78 Å². The summed E-state index contributed by atoms with van der Waals surface area (Å²) in [6, 6.07) is 5.01. The molecule has 0 radical (unpaired) electrons. The van der Waals surface area contributed by atoms with Crippen LogP contribution in [0.3, 0.4) is 0 Å². The highest BCUT2D eigenvalue weighted by molar-refractivity contribution is 7.09. The van der Waals surface area contributed by atoms with Crippen molar-refractivity contribution in [1.29, 1.82) is 0 Å². The van der Waals surface area contributed by atoms with E-state index in [1.54, 1.807) is 29.9 Å². The fourth-order valence-electron chi connectivity index (χ4n) is 1.50. The molecule has 102 valence electrons. The lowest BCUT2D eigenvalue weighted by molar-refractivity contribution is 0.0951. The van der Waals surface area contributed by atoms with Gasteiger partial charge in [-0.1, -0.05) is 23.4 Å². The van der Waals surface area contributed by atoms with E-state index in [2.05, 4.69) is 22.1 Å². The Kier molecular flexibility index (Phi) is 5.13. The van der Waals surface area contributed by atoms with Gasteiger partial charge in [-0.05, 0) is 18.2 Å².